The van der Waals surface area contributed by atoms with E-state index >= 15 is 0 Å². The van der Waals surface area contributed by atoms with E-state index in [2.05, 4.69) is 10.0 Å². The number of carbonyl (C=O) groups excluding carboxylic acids is 1. The molecule has 3 rings (SSSR count). The summed E-state index contributed by atoms with van der Waals surface area (Å²) in [5.41, 5.74) is 1.23. The standard InChI is InChI=1S/C23H24N2O6S/c1-29-20-12-5-4-11-19(20)25-32(27,28)18-10-6-8-16(14-18)23(26)24-15-17-9-7-13-21(30-2)22(17)31-3/h4-14,25H,15H2,1-3H3,(H,24,26). The highest BCUT2D eigenvalue weighted by Gasteiger charge is 2.18. The minimum atomic E-state index is -3.94. The Hall–Kier alpha value is -3.72. The van der Waals surface area contributed by atoms with Gasteiger partial charge >= 0.3 is 0 Å². The zero-order valence-corrected chi connectivity index (χ0v) is 18.7. The van der Waals surface area contributed by atoms with E-state index < -0.39 is 15.9 Å². The number of hydrogen-bond donors (Lipinski definition) is 2. The van der Waals surface area contributed by atoms with Gasteiger partial charge in [-0.2, -0.15) is 0 Å². The molecule has 0 unspecified atom stereocenters. The first-order chi connectivity index (χ1) is 15.4. The Morgan fingerprint density at radius 2 is 1.53 bits per heavy atom. The van der Waals surface area contributed by atoms with Crippen LogP contribution in [-0.4, -0.2) is 35.7 Å². The van der Waals surface area contributed by atoms with Gasteiger partial charge in [-0.1, -0.05) is 30.3 Å². The van der Waals surface area contributed by atoms with E-state index in [0.717, 1.165) is 5.56 Å². The highest BCUT2D eigenvalue weighted by molar-refractivity contribution is 7.92. The molecule has 0 radical (unpaired) electrons. The van der Waals surface area contributed by atoms with Crippen LogP contribution in [0.5, 0.6) is 17.2 Å². The lowest BCUT2D eigenvalue weighted by Crippen LogP contribution is -2.23. The van der Waals surface area contributed by atoms with E-state index in [9.17, 15) is 13.2 Å². The second kappa shape index (κ2) is 10.1. The van der Waals surface area contributed by atoms with Crippen molar-refractivity contribution in [3.05, 3.63) is 77.9 Å². The molecule has 0 bridgehead atoms. The molecular weight excluding hydrogens is 432 g/mol. The second-order valence-electron chi connectivity index (χ2n) is 6.67. The molecule has 0 heterocycles. The lowest BCUT2D eigenvalue weighted by Gasteiger charge is -2.14. The van der Waals surface area contributed by atoms with Crippen LogP contribution >= 0.6 is 0 Å². The number of methoxy groups -OCH3 is 3. The number of para-hydroxylation sites is 3. The topological polar surface area (TPSA) is 103 Å². The zero-order valence-electron chi connectivity index (χ0n) is 17.9. The van der Waals surface area contributed by atoms with E-state index in [4.69, 9.17) is 14.2 Å². The van der Waals surface area contributed by atoms with Crippen LogP contribution in [-0.2, 0) is 16.6 Å². The average molecular weight is 457 g/mol. The van der Waals surface area contributed by atoms with Crippen LogP contribution in [0.15, 0.2) is 71.6 Å². The zero-order chi connectivity index (χ0) is 23.1. The molecule has 2 N–H and O–H groups in total. The van der Waals surface area contributed by atoms with Crippen molar-refractivity contribution in [2.75, 3.05) is 26.1 Å². The summed E-state index contributed by atoms with van der Waals surface area (Å²) in [4.78, 5) is 12.6. The molecule has 8 nitrogen and oxygen atoms in total. The van der Waals surface area contributed by atoms with Crippen LogP contribution in [0.25, 0.3) is 0 Å². The summed E-state index contributed by atoms with van der Waals surface area (Å²) in [6, 6.07) is 17.8. The Bertz CT molecular complexity index is 1210. The number of nitrogens with one attached hydrogen (secondary N) is 2. The van der Waals surface area contributed by atoms with E-state index in [-0.39, 0.29) is 17.0 Å². The smallest absolute Gasteiger partial charge is 0.262 e. The quantitative estimate of drug-likeness (QED) is 0.511. The number of benzene rings is 3. The number of anilines is 1. The molecule has 0 saturated heterocycles. The minimum Gasteiger partial charge on any atom is -0.495 e. The molecule has 0 aliphatic carbocycles. The van der Waals surface area contributed by atoms with Gasteiger partial charge in [0.1, 0.15) is 5.75 Å². The lowest BCUT2D eigenvalue weighted by atomic mass is 10.1. The van der Waals surface area contributed by atoms with Crippen molar-refractivity contribution >= 4 is 21.6 Å². The number of ether oxygens (including phenoxy) is 3. The molecule has 0 atom stereocenters. The summed E-state index contributed by atoms with van der Waals surface area (Å²) >= 11 is 0. The molecule has 3 aromatic carbocycles. The second-order valence-corrected chi connectivity index (χ2v) is 8.35. The third-order valence-corrected chi connectivity index (χ3v) is 6.04. The monoisotopic (exact) mass is 456 g/mol. The fourth-order valence-electron chi connectivity index (χ4n) is 3.11. The maximum Gasteiger partial charge on any atom is 0.262 e. The molecule has 3 aromatic rings. The summed E-state index contributed by atoms with van der Waals surface area (Å²) in [5.74, 6) is 1.03. The summed E-state index contributed by atoms with van der Waals surface area (Å²) in [5, 5.41) is 2.78. The Morgan fingerprint density at radius 1 is 0.844 bits per heavy atom. The molecule has 0 aliphatic heterocycles. The fraction of sp³-hybridized carbons (Fsp3) is 0.174. The van der Waals surface area contributed by atoms with Gasteiger partial charge in [0.25, 0.3) is 15.9 Å². The molecule has 0 aromatic heterocycles. The van der Waals surface area contributed by atoms with Crippen molar-refractivity contribution in [1.82, 2.24) is 5.32 Å². The van der Waals surface area contributed by atoms with Crippen LogP contribution in [0.1, 0.15) is 15.9 Å². The third kappa shape index (κ3) is 5.12. The molecule has 0 aliphatic rings. The third-order valence-electron chi connectivity index (χ3n) is 4.68. The van der Waals surface area contributed by atoms with Gasteiger partial charge in [-0.15, -0.1) is 0 Å². The summed E-state index contributed by atoms with van der Waals surface area (Å²) < 4.78 is 44.0. The maximum atomic E-state index is 12.8. The van der Waals surface area contributed by atoms with Gasteiger partial charge in [0.15, 0.2) is 11.5 Å². The molecule has 0 spiro atoms. The predicted octanol–water partition coefficient (Wildman–Crippen LogP) is 3.44. The van der Waals surface area contributed by atoms with E-state index in [1.54, 1.807) is 48.5 Å². The molecule has 0 fully saturated rings. The molecule has 32 heavy (non-hydrogen) atoms. The van der Waals surface area contributed by atoms with Crippen molar-refractivity contribution in [2.24, 2.45) is 0 Å². The molecule has 168 valence electrons. The predicted molar refractivity (Wildman–Crippen MR) is 121 cm³/mol. The minimum absolute atomic E-state index is 0.0463. The Morgan fingerprint density at radius 3 is 2.25 bits per heavy atom. The van der Waals surface area contributed by atoms with Gasteiger partial charge in [-0.25, -0.2) is 8.42 Å². The highest BCUT2D eigenvalue weighted by atomic mass is 32.2. The van der Waals surface area contributed by atoms with Gasteiger partial charge < -0.3 is 19.5 Å². The Kier molecular flexibility index (Phi) is 7.21. The lowest BCUT2D eigenvalue weighted by molar-refractivity contribution is 0.0950. The van der Waals surface area contributed by atoms with Crippen LogP contribution in [0.4, 0.5) is 5.69 Å². The van der Waals surface area contributed by atoms with Crippen molar-refractivity contribution in [3.8, 4) is 17.2 Å². The first-order valence-electron chi connectivity index (χ1n) is 9.63. The van der Waals surface area contributed by atoms with Crippen molar-refractivity contribution in [1.29, 1.82) is 0 Å². The van der Waals surface area contributed by atoms with Crippen molar-refractivity contribution in [3.63, 3.8) is 0 Å². The maximum absolute atomic E-state index is 12.8. The molecular formula is C23H24N2O6S. The number of amides is 1. The van der Waals surface area contributed by atoms with Gasteiger partial charge in [0.05, 0.1) is 31.9 Å². The molecule has 0 saturated carbocycles. The molecule has 9 heteroatoms. The van der Waals surface area contributed by atoms with Crippen LogP contribution in [0, 0.1) is 0 Å². The largest absolute Gasteiger partial charge is 0.495 e. The summed E-state index contributed by atoms with van der Waals surface area (Å²) in [6.07, 6.45) is 0. The number of carbonyl (C=O) groups is 1. The van der Waals surface area contributed by atoms with E-state index in [0.29, 0.717) is 22.9 Å². The van der Waals surface area contributed by atoms with Crippen molar-refractivity contribution in [2.45, 2.75) is 11.4 Å². The highest BCUT2D eigenvalue weighted by Crippen LogP contribution is 2.30. The number of rotatable bonds is 9. The number of sulfonamides is 1. The fourth-order valence-corrected chi connectivity index (χ4v) is 4.22. The summed E-state index contributed by atoms with van der Waals surface area (Å²) in [7, 11) is 0.572. The van der Waals surface area contributed by atoms with Crippen LogP contribution < -0.4 is 24.2 Å². The van der Waals surface area contributed by atoms with Gasteiger partial charge in [-0.05, 0) is 36.4 Å². The average Bonchev–Trinajstić information content (AvgIpc) is 2.82. The van der Waals surface area contributed by atoms with E-state index in [1.165, 1.54) is 39.5 Å². The Balaban J connectivity index is 1.78. The van der Waals surface area contributed by atoms with E-state index in [1.807, 2.05) is 0 Å². The Labute approximate surface area is 187 Å². The SMILES string of the molecule is COc1ccccc1NS(=O)(=O)c1cccc(C(=O)NCc2cccc(OC)c2OC)c1. The first kappa shape index (κ1) is 23.0. The van der Waals surface area contributed by atoms with Gasteiger partial charge in [0, 0.05) is 17.7 Å². The van der Waals surface area contributed by atoms with Gasteiger partial charge in [-0.3, -0.25) is 9.52 Å². The molecule has 1 amide bonds. The van der Waals surface area contributed by atoms with Crippen LogP contribution in [0.2, 0.25) is 0 Å². The number of hydrogen-bond acceptors (Lipinski definition) is 6. The van der Waals surface area contributed by atoms with Crippen molar-refractivity contribution < 1.29 is 27.4 Å². The van der Waals surface area contributed by atoms with Crippen LogP contribution in [0.3, 0.4) is 0 Å². The first-order valence-corrected chi connectivity index (χ1v) is 11.1. The summed E-state index contributed by atoms with van der Waals surface area (Å²) in [6.45, 7) is 0.176. The normalized spacial score (nSPS) is 10.8. The van der Waals surface area contributed by atoms with Gasteiger partial charge in [0.2, 0.25) is 0 Å².